The van der Waals surface area contributed by atoms with Crippen molar-refractivity contribution in [3.63, 3.8) is 0 Å². The van der Waals surface area contributed by atoms with Gasteiger partial charge in [-0.05, 0) is 79.3 Å². The molecule has 2 aromatic rings. The van der Waals surface area contributed by atoms with E-state index in [1.165, 1.54) is 31.5 Å². The Bertz CT molecular complexity index is 1600. The van der Waals surface area contributed by atoms with Crippen molar-refractivity contribution in [2.75, 3.05) is 17.2 Å². The third kappa shape index (κ3) is 11.0. The Morgan fingerprint density at radius 3 is 2.08 bits per heavy atom. The average molecular weight is 698 g/mol. The number of imide groups is 1. The number of ether oxygens (including phenoxy) is 2. The van der Waals surface area contributed by atoms with Gasteiger partial charge in [0.1, 0.15) is 5.75 Å². The Labute approximate surface area is 295 Å². The van der Waals surface area contributed by atoms with Gasteiger partial charge in [0.05, 0.1) is 17.3 Å². The number of rotatable bonds is 12. The Kier molecular flexibility index (Phi) is 12.0. The first kappa shape index (κ1) is 39.5. The Balaban J connectivity index is 1.67. The van der Waals surface area contributed by atoms with Crippen molar-refractivity contribution in [2.45, 2.75) is 113 Å². The fraction of sp³-hybridized carbons (Fsp3) is 0.553. The first-order valence-corrected chi connectivity index (χ1v) is 17.0. The van der Waals surface area contributed by atoms with Gasteiger partial charge in [0.2, 0.25) is 5.91 Å². The Hall–Kier alpha value is -3.92. The van der Waals surface area contributed by atoms with Crippen molar-refractivity contribution in [2.24, 2.45) is 16.2 Å². The van der Waals surface area contributed by atoms with Crippen LogP contribution in [0.3, 0.4) is 0 Å². The van der Waals surface area contributed by atoms with Crippen molar-refractivity contribution in [3.05, 3.63) is 52.5 Å². The topological polar surface area (TPSA) is 131 Å². The normalized spacial score (nSPS) is 15.5. The number of Topliss-reactive ketones (excluding diaryl/α,β-unsaturated/α-hetero) is 1. The number of carbonyl (C=O) groups is 5. The molecule has 2 N–H and O–H groups in total. The second-order valence-corrected chi connectivity index (χ2v) is 17.1. The molecule has 0 bridgehead atoms. The molecule has 10 nitrogen and oxygen atoms in total. The van der Waals surface area contributed by atoms with E-state index in [1.54, 1.807) is 26.8 Å². The zero-order valence-electron chi connectivity index (χ0n) is 30.8. The number of hydrogen-bond donors (Lipinski definition) is 2. The molecule has 0 aliphatic carbocycles. The zero-order valence-corrected chi connectivity index (χ0v) is 31.5. The third-order valence-electron chi connectivity index (χ3n) is 7.66. The van der Waals surface area contributed by atoms with E-state index in [0.717, 1.165) is 24.2 Å². The number of nitrogens with zero attached hydrogens (tertiary/aromatic N) is 1. The van der Waals surface area contributed by atoms with E-state index in [-0.39, 0.29) is 33.9 Å². The van der Waals surface area contributed by atoms with Crippen LogP contribution in [0.25, 0.3) is 0 Å². The minimum Gasteiger partial charge on any atom is -0.493 e. The predicted octanol–water partition coefficient (Wildman–Crippen LogP) is 7.99. The fourth-order valence-electron chi connectivity index (χ4n) is 5.41. The van der Waals surface area contributed by atoms with Gasteiger partial charge in [-0.25, -0.2) is 9.69 Å². The van der Waals surface area contributed by atoms with Gasteiger partial charge in [0.25, 0.3) is 11.8 Å². The molecule has 1 atom stereocenters. The molecule has 0 unspecified atom stereocenters. The van der Waals surface area contributed by atoms with Gasteiger partial charge >= 0.3 is 6.09 Å². The van der Waals surface area contributed by atoms with Crippen molar-refractivity contribution < 1.29 is 33.4 Å². The quantitative estimate of drug-likeness (QED) is 0.170. The summed E-state index contributed by atoms with van der Waals surface area (Å²) in [5.41, 5.74) is 0.477. The molecule has 1 heterocycles. The van der Waals surface area contributed by atoms with Crippen LogP contribution in [0.15, 0.2) is 36.4 Å². The van der Waals surface area contributed by atoms with Crippen LogP contribution in [-0.2, 0) is 36.8 Å². The Morgan fingerprint density at radius 2 is 1.53 bits per heavy atom. The number of hydrogen-bond acceptors (Lipinski definition) is 7. The van der Waals surface area contributed by atoms with Gasteiger partial charge in [-0.3, -0.25) is 19.2 Å². The van der Waals surface area contributed by atoms with Gasteiger partial charge < -0.3 is 20.1 Å². The molecule has 0 aromatic heterocycles. The number of amides is 4. The minimum atomic E-state index is -1.80. The van der Waals surface area contributed by atoms with Crippen LogP contribution in [0.2, 0.25) is 5.02 Å². The SMILES string of the molecule is CC(C)(C)Cc1ccc(OCCCC(=O)Nc2ccc(Cl)c(NC(=O)[C@@H](C(=O)C(C)(C)C)N3C(=O)OC(C)(C)C3=O)c2)c(CC(C)(C)C)c1. The first-order valence-electron chi connectivity index (χ1n) is 16.6. The van der Waals surface area contributed by atoms with Crippen LogP contribution in [0.1, 0.15) is 100 Å². The van der Waals surface area contributed by atoms with E-state index < -0.39 is 40.7 Å². The van der Waals surface area contributed by atoms with Gasteiger partial charge in [0, 0.05) is 17.5 Å². The van der Waals surface area contributed by atoms with E-state index in [2.05, 4.69) is 64.3 Å². The molecule has 4 amide bonds. The maximum Gasteiger partial charge on any atom is 0.418 e. The molecular weight excluding hydrogens is 646 g/mol. The van der Waals surface area contributed by atoms with E-state index in [0.29, 0.717) is 23.6 Å². The lowest BCUT2D eigenvalue weighted by Crippen LogP contribution is -2.55. The summed E-state index contributed by atoms with van der Waals surface area (Å²) in [5, 5.41) is 5.49. The van der Waals surface area contributed by atoms with E-state index in [1.807, 2.05) is 6.07 Å². The van der Waals surface area contributed by atoms with Gasteiger partial charge in [-0.2, -0.15) is 0 Å². The summed E-state index contributed by atoms with van der Waals surface area (Å²) < 4.78 is 11.3. The molecule has 2 aromatic carbocycles. The highest BCUT2D eigenvalue weighted by Crippen LogP contribution is 2.33. The summed E-state index contributed by atoms with van der Waals surface area (Å²) in [5.74, 6) is -1.87. The Morgan fingerprint density at radius 1 is 0.898 bits per heavy atom. The highest BCUT2D eigenvalue weighted by molar-refractivity contribution is 6.34. The first-order chi connectivity index (χ1) is 22.4. The molecular formula is C38H52ClN3O7. The average Bonchev–Trinajstić information content (AvgIpc) is 3.13. The summed E-state index contributed by atoms with van der Waals surface area (Å²) in [7, 11) is 0. The number of benzene rings is 2. The highest BCUT2D eigenvalue weighted by Gasteiger charge is 2.55. The number of ketones is 1. The van der Waals surface area contributed by atoms with Crippen LogP contribution in [0, 0.1) is 16.2 Å². The molecule has 1 saturated heterocycles. The standard InChI is InChI=1S/C38H52ClN3O7/c1-35(2,3)21-23-14-17-28(24(19-23)22-36(4,5)6)48-18-12-13-29(43)40-25-15-16-26(39)27(20-25)41-32(45)30(31(44)37(7,8)9)42-33(46)38(10,11)49-34(42)47/h14-17,19-20,30H,12-13,18,21-22H2,1-11H3,(H,40,43)(H,41,45)/t30-/m1/s1. The highest BCUT2D eigenvalue weighted by atomic mass is 35.5. The lowest BCUT2D eigenvalue weighted by Gasteiger charge is -2.28. The predicted molar refractivity (Wildman–Crippen MR) is 192 cm³/mol. The number of carbonyl (C=O) groups excluding carboxylic acids is 5. The van der Waals surface area contributed by atoms with Crippen LogP contribution in [-0.4, -0.2) is 52.7 Å². The van der Waals surface area contributed by atoms with Gasteiger partial charge in [-0.15, -0.1) is 0 Å². The van der Waals surface area contributed by atoms with Crippen molar-refractivity contribution in [1.82, 2.24) is 4.90 Å². The molecule has 49 heavy (non-hydrogen) atoms. The number of halogens is 1. The summed E-state index contributed by atoms with van der Waals surface area (Å²) in [6, 6.07) is 9.06. The molecule has 1 aliphatic rings. The number of nitrogens with one attached hydrogen (secondary N) is 2. The van der Waals surface area contributed by atoms with Crippen LogP contribution >= 0.6 is 11.6 Å². The van der Waals surface area contributed by atoms with Crippen molar-refractivity contribution >= 4 is 52.6 Å². The van der Waals surface area contributed by atoms with Crippen molar-refractivity contribution in [3.8, 4) is 5.75 Å². The number of cyclic esters (lactones) is 1. The van der Waals surface area contributed by atoms with Crippen LogP contribution < -0.4 is 15.4 Å². The van der Waals surface area contributed by atoms with Crippen molar-refractivity contribution in [1.29, 1.82) is 0 Å². The molecule has 3 rings (SSSR count). The zero-order chi connectivity index (χ0) is 37.1. The van der Waals surface area contributed by atoms with Crippen LogP contribution in [0.4, 0.5) is 16.2 Å². The fourth-order valence-corrected chi connectivity index (χ4v) is 5.58. The lowest BCUT2D eigenvalue weighted by molar-refractivity contribution is -0.145. The van der Waals surface area contributed by atoms with Gasteiger partial charge in [-0.1, -0.05) is 86.0 Å². The summed E-state index contributed by atoms with van der Waals surface area (Å²) >= 11 is 6.37. The molecule has 0 saturated carbocycles. The number of anilines is 2. The lowest BCUT2D eigenvalue weighted by atomic mass is 9.84. The molecule has 11 heteroatoms. The molecule has 0 spiro atoms. The summed E-state index contributed by atoms with van der Waals surface area (Å²) in [4.78, 5) is 66.0. The largest absolute Gasteiger partial charge is 0.493 e. The monoisotopic (exact) mass is 697 g/mol. The molecule has 1 aliphatic heterocycles. The van der Waals surface area contributed by atoms with E-state index in [4.69, 9.17) is 21.1 Å². The minimum absolute atomic E-state index is 0.0760. The summed E-state index contributed by atoms with van der Waals surface area (Å²) in [6.45, 7) is 21.1. The van der Waals surface area contributed by atoms with E-state index in [9.17, 15) is 24.0 Å². The third-order valence-corrected chi connectivity index (χ3v) is 7.99. The second-order valence-electron chi connectivity index (χ2n) is 16.7. The summed E-state index contributed by atoms with van der Waals surface area (Å²) in [6.07, 6.45) is 1.37. The second kappa shape index (κ2) is 14.9. The molecule has 268 valence electrons. The smallest absolute Gasteiger partial charge is 0.418 e. The molecule has 1 fully saturated rings. The van der Waals surface area contributed by atoms with Crippen LogP contribution in [0.5, 0.6) is 5.75 Å². The maximum absolute atomic E-state index is 13.6. The maximum atomic E-state index is 13.6. The van der Waals surface area contributed by atoms with Gasteiger partial charge in [0.15, 0.2) is 17.4 Å². The molecule has 0 radical (unpaired) electrons. The van der Waals surface area contributed by atoms with E-state index >= 15 is 0 Å².